The lowest BCUT2D eigenvalue weighted by molar-refractivity contribution is 0.0516. The molecule has 0 aliphatic carbocycles. The van der Waals surface area contributed by atoms with Crippen LogP contribution in [0.2, 0.25) is 5.02 Å². The number of H-pyrrole nitrogens is 2. The van der Waals surface area contributed by atoms with E-state index >= 15 is 0 Å². The van der Waals surface area contributed by atoms with E-state index < -0.39 is 11.7 Å². The van der Waals surface area contributed by atoms with Gasteiger partial charge in [-0.25, -0.2) is 4.98 Å². The molecule has 12 heteroatoms. The predicted octanol–water partition coefficient (Wildman–Crippen LogP) is 3.73. The zero-order chi connectivity index (χ0) is 30.4. The summed E-state index contributed by atoms with van der Waals surface area (Å²) in [5.74, 6) is 0.278. The van der Waals surface area contributed by atoms with Gasteiger partial charge in [0, 0.05) is 29.4 Å². The zero-order valence-corrected chi connectivity index (χ0v) is 24.9. The SMILES string of the molecule is Cc1c(Cl)cccc1OC[C@H](O)CNc1cc[nH]c(=O)c1-c1nc2c(C)c3c(cc2[nH]1)C(=O)N(C1CCN(C)CC1)C3=O. The third-order valence-electron chi connectivity index (χ3n) is 8.33. The van der Waals surface area contributed by atoms with Crippen LogP contribution in [-0.2, 0) is 0 Å². The molecule has 0 bridgehead atoms. The van der Waals surface area contributed by atoms with Crippen LogP contribution in [0.5, 0.6) is 5.75 Å². The largest absolute Gasteiger partial charge is 0.490 e. The van der Waals surface area contributed by atoms with Crippen molar-refractivity contribution in [1.82, 2.24) is 24.8 Å². The first-order valence-corrected chi connectivity index (χ1v) is 14.6. The minimum absolute atomic E-state index is 0.0126. The molecule has 43 heavy (non-hydrogen) atoms. The fraction of sp³-hybridized carbons (Fsp3) is 0.355. The van der Waals surface area contributed by atoms with E-state index in [1.54, 1.807) is 37.3 Å². The van der Waals surface area contributed by atoms with E-state index in [0.717, 1.165) is 31.5 Å². The summed E-state index contributed by atoms with van der Waals surface area (Å²) in [5.41, 5.74) is 3.45. The van der Waals surface area contributed by atoms with Crippen molar-refractivity contribution in [2.45, 2.75) is 38.8 Å². The maximum Gasteiger partial charge on any atom is 0.262 e. The third-order valence-corrected chi connectivity index (χ3v) is 8.74. The number of pyridine rings is 1. The van der Waals surface area contributed by atoms with Crippen LogP contribution in [0.3, 0.4) is 0 Å². The molecule has 2 aromatic carbocycles. The van der Waals surface area contributed by atoms with Gasteiger partial charge >= 0.3 is 0 Å². The Hall–Kier alpha value is -4.19. The second kappa shape index (κ2) is 11.5. The topological polar surface area (TPSA) is 144 Å². The highest BCUT2D eigenvalue weighted by molar-refractivity contribution is 6.31. The van der Waals surface area contributed by atoms with Crippen LogP contribution in [-0.4, -0.2) is 87.1 Å². The average molecular weight is 605 g/mol. The number of aliphatic hydroxyl groups excluding tert-OH is 1. The van der Waals surface area contributed by atoms with Gasteiger partial charge in [0.2, 0.25) is 0 Å². The maximum absolute atomic E-state index is 13.5. The number of imide groups is 1. The van der Waals surface area contributed by atoms with Crippen LogP contribution in [0.4, 0.5) is 5.69 Å². The molecule has 1 atom stereocenters. The molecular formula is C31H33ClN6O5. The number of halogens is 1. The summed E-state index contributed by atoms with van der Waals surface area (Å²) in [5, 5.41) is 14.3. The number of hydrogen-bond donors (Lipinski definition) is 4. The number of nitrogens with one attached hydrogen (secondary N) is 3. The van der Waals surface area contributed by atoms with Gasteiger partial charge in [-0.3, -0.25) is 19.3 Å². The second-order valence-corrected chi connectivity index (χ2v) is 11.6. The van der Waals surface area contributed by atoms with E-state index in [4.69, 9.17) is 21.3 Å². The van der Waals surface area contributed by atoms with E-state index in [-0.39, 0.29) is 42.4 Å². The Morgan fingerprint density at radius 1 is 1.12 bits per heavy atom. The van der Waals surface area contributed by atoms with Crippen LogP contribution < -0.4 is 15.6 Å². The summed E-state index contributed by atoms with van der Waals surface area (Å²) in [6.45, 7) is 5.39. The average Bonchev–Trinajstić information content (AvgIpc) is 3.52. The summed E-state index contributed by atoms with van der Waals surface area (Å²) in [4.78, 5) is 54.1. The molecular weight excluding hydrogens is 572 g/mol. The van der Waals surface area contributed by atoms with Gasteiger partial charge in [0.05, 0.1) is 27.8 Å². The van der Waals surface area contributed by atoms with Crippen LogP contribution in [0, 0.1) is 13.8 Å². The molecule has 6 rings (SSSR count). The Balaban J connectivity index is 1.24. The van der Waals surface area contributed by atoms with E-state index in [9.17, 15) is 19.5 Å². The molecule has 1 fully saturated rings. The summed E-state index contributed by atoms with van der Waals surface area (Å²) in [6.07, 6.45) is 2.10. The van der Waals surface area contributed by atoms with Crippen molar-refractivity contribution >= 4 is 40.1 Å². The third kappa shape index (κ3) is 5.28. The van der Waals surface area contributed by atoms with Crippen molar-refractivity contribution in [1.29, 1.82) is 0 Å². The number of hydrogen-bond acceptors (Lipinski definition) is 8. The second-order valence-electron chi connectivity index (χ2n) is 11.2. The number of piperidine rings is 1. The minimum Gasteiger partial charge on any atom is -0.490 e. The summed E-state index contributed by atoms with van der Waals surface area (Å²) in [6, 6.07) is 8.54. The first-order chi connectivity index (χ1) is 20.6. The van der Waals surface area contributed by atoms with Crippen molar-refractivity contribution < 1.29 is 19.4 Å². The first kappa shape index (κ1) is 28.9. The molecule has 1 saturated heterocycles. The number of rotatable bonds is 8. The fourth-order valence-electron chi connectivity index (χ4n) is 5.88. The number of benzene rings is 2. The van der Waals surface area contributed by atoms with Crippen LogP contribution in [0.15, 0.2) is 41.3 Å². The molecule has 11 nitrogen and oxygen atoms in total. The van der Waals surface area contributed by atoms with Gasteiger partial charge in [-0.2, -0.15) is 0 Å². The number of nitrogens with zero attached hydrogens (tertiary/aromatic N) is 3. The number of imidazole rings is 1. The molecule has 2 amide bonds. The molecule has 0 saturated carbocycles. The smallest absolute Gasteiger partial charge is 0.262 e. The van der Waals surface area contributed by atoms with Crippen molar-refractivity contribution in [3.05, 3.63) is 74.2 Å². The normalized spacial score (nSPS) is 16.6. The predicted molar refractivity (Wildman–Crippen MR) is 164 cm³/mol. The Labute approximate surface area is 252 Å². The first-order valence-electron chi connectivity index (χ1n) is 14.3. The summed E-state index contributed by atoms with van der Waals surface area (Å²) in [7, 11) is 2.04. The fourth-order valence-corrected chi connectivity index (χ4v) is 6.05. The van der Waals surface area contributed by atoms with E-state index in [2.05, 4.69) is 20.2 Å². The highest BCUT2D eigenvalue weighted by atomic mass is 35.5. The highest BCUT2D eigenvalue weighted by Crippen LogP contribution is 2.35. The molecule has 4 heterocycles. The van der Waals surface area contributed by atoms with Gasteiger partial charge < -0.3 is 30.0 Å². The number of aromatic nitrogens is 3. The number of carbonyl (C=O) groups is 2. The van der Waals surface area contributed by atoms with E-state index in [1.807, 2.05) is 14.0 Å². The molecule has 0 radical (unpaired) electrons. The van der Waals surface area contributed by atoms with Gasteiger partial charge in [0.1, 0.15) is 29.8 Å². The quantitative estimate of drug-likeness (QED) is 0.223. The Bertz CT molecular complexity index is 1790. The van der Waals surface area contributed by atoms with Gasteiger partial charge in [-0.05, 0) is 76.7 Å². The monoisotopic (exact) mass is 604 g/mol. The van der Waals surface area contributed by atoms with Crippen LogP contribution >= 0.6 is 11.6 Å². The highest BCUT2D eigenvalue weighted by Gasteiger charge is 2.42. The summed E-state index contributed by atoms with van der Waals surface area (Å²) < 4.78 is 5.74. The number of amides is 2. The molecule has 0 spiro atoms. The zero-order valence-electron chi connectivity index (χ0n) is 24.2. The number of fused-ring (bicyclic) bond motifs is 2. The van der Waals surface area contributed by atoms with Gasteiger partial charge in [-0.15, -0.1) is 0 Å². The van der Waals surface area contributed by atoms with Crippen molar-refractivity contribution in [2.75, 3.05) is 38.6 Å². The maximum atomic E-state index is 13.5. The van der Waals surface area contributed by atoms with E-state index in [1.165, 1.54) is 11.1 Å². The minimum atomic E-state index is -0.893. The molecule has 2 aliphatic heterocycles. The van der Waals surface area contributed by atoms with E-state index in [0.29, 0.717) is 44.2 Å². The van der Waals surface area contributed by atoms with Crippen LogP contribution in [0.25, 0.3) is 22.4 Å². The number of aryl methyl sites for hydroxylation is 1. The van der Waals surface area contributed by atoms with Crippen molar-refractivity contribution in [2.24, 2.45) is 0 Å². The number of aromatic amines is 2. The lowest BCUT2D eigenvalue weighted by Gasteiger charge is -2.33. The number of aliphatic hydroxyl groups is 1. The standard InChI is InChI=1S/C31H33ClN6O5/c1-16-21(32)5-4-6-24(16)43-15-19(39)14-34-22-7-10-33-29(40)26(22)28-35-23-13-20-25(17(2)27(23)36-28)31(42)38(30(20)41)18-8-11-37(3)12-9-18/h4-7,10,13,18-19,39H,8-9,11-12,14-15H2,1-3H3,(H,35,36)(H2,33,34,40)/t19-/m1/s1. The molecule has 2 aromatic heterocycles. The lowest BCUT2D eigenvalue weighted by Crippen LogP contribution is -2.46. The number of carbonyl (C=O) groups excluding carboxylic acids is 2. The number of ether oxygens (including phenoxy) is 1. The van der Waals surface area contributed by atoms with Gasteiger partial charge in [-0.1, -0.05) is 17.7 Å². The molecule has 0 unspecified atom stereocenters. The lowest BCUT2D eigenvalue weighted by atomic mass is 10.0. The molecule has 4 aromatic rings. The molecule has 224 valence electrons. The molecule has 4 N–H and O–H groups in total. The molecule has 2 aliphatic rings. The number of anilines is 1. The Morgan fingerprint density at radius 2 is 1.88 bits per heavy atom. The van der Waals surface area contributed by atoms with Crippen molar-refractivity contribution in [3.63, 3.8) is 0 Å². The Morgan fingerprint density at radius 3 is 2.65 bits per heavy atom. The van der Waals surface area contributed by atoms with Gasteiger partial charge in [0.15, 0.2) is 0 Å². The Kier molecular flexibility index (Phi) is 7.72. The van der Waals surface area contributed by atoms with Crippen molar-refractivity contribution in [3.8, 4) is 17.1 Å². The van der Waals surface area contributed by atoms with Crippen LogP contribution in [0.1, 0.15) is 44.7 Å². The van der Waals surface area contributed by atoms with Gasteiger partial charge in [0.25, 0.3) is 17.4 Å². The number of likely N-dealkylation sites (tertiary alicyclic amines) is 1. The summed E-state index contributed by atoms with van der Waals surface area (Å²) >= 11 is 6.15.